The van der Waals surface area contributed by atoms with Crippen LogP contribution in [0.4, 0.5) is 0 Å². The molecule has 0 N–H and O–H groups in total. The standard InChI is InChI=1S/C15H16O2/c16-14(15-11-4-5-12-17-15)10-6-9-13-7-2-1-3-8-13/h1-3,6-8,10-11H,4-5,9,12H2/b10-6+. The minimum Gasteiger partial charge on any atom is -0.490 e. The number of rotatable bonds is 4. The largest absolute Gasteiger partial charge is 0.490 e. The van der Waals surface area contributed by atoms with Crippen molar-refractivity contribution in [3.63, 3.8) is 0 Å². The molecule has 2 heteroatoms. The summed E-state index contributed by atoms with van der Waals surface area (Å²) >= 11 is 0. The van der Waals surface area contributed by atoms with Gasteiger partial charge in [0, 0.05) is 0 Å². The van der Waals surface area contributed by atoms with Gasteiger partial charge in [-0.2, -0.15) is 0 Å². The quantitative estimate of drug-likeness (QED) is 0.740. The number of allylic oxidation sites excluding steroid dienone is 3. The number of benzene rings is 1. The Labute approximate surface area is 102 Å². The topological polar surface area (TPSA) is 26.3 Å². The fourth-order valence-electron chi connectivity index (χ4n) is 1.73. The molecule has 2 rings (SSSR count). The Kier molecular flexibility index (Phi) is 4.14. The summed E-state index contributed by atoms with van der Waals surface area (Å²) in [5.74, 6) is 0.473. The first kappa shape index (κ1) is 11.6. The molecule has 0 aromatic heterocycles. The predicted octanol–water partition coefficient (Wildman–Crippen LogP) is 3.05. The molecule has 0 saturated heterocycles. The van der Waals surface area contributed by atoms with Gasteiger partial charge in [-0.05, 0) is 37.0 Å². The zero-order valence-electron chi connectivity index (χ0n) is 9.76. The molecule has 1 aromatic carbocycles. The first-order valence-corrected chi connectivity index (χ1v) is 5.94. The molecule has 0 aliphatic carbocycles. The van der Waals surface area contributed by atoms with E-state index in [2.05, 4.69) is 0 Å². The van der Waals surface area contributed by atoms with E-state index in [0.717, 1.165) is 19.3 Å². The van der Waals surface area contributed by atoms with Crippen molar-refractivity contribution in [2.24, 2.45) is 0 Å². The molecule has 2 nitrogen and oxygen atoms in total. The van der Waals surface area contributed by atoms with Crippen molar-refractivity contribution in [2.45, 2.75) is 19.3 Å². The van der Waals surface area contributed by atoms with E-state index >= 15 is 0 Å². The molecule has 88 valence electrons. The number of ketones is 1. The fourth-order valence-corrected chi connectivity index (χ4v) is 1.73. The van der Waals surface area contributed by atoms with Crippen molar-refractivity contribution < 1.29 is 9.53 Å². The molecule has 1 aliphatic rings. The van der Waals surface area contributed by atoms with Crippen LogP contribution in [0.2, 0.25) is 0 Å². The summed E-state index contributed by atoms with van der Waals surface area (Å²) in [6.45, 7) is 0.657. The predicted molar refractivity (Wildman–Crippen MR) is 67.6 cm³/mol. The van der Waals surface area contributed by atoms with Crippen LogP contribution < -0.4 is 0 Å². The highest BCUT2D eigenvalue weighted by Crippen LogP contribution is 2.11. The molecule has 0 fully saturated rings. The van der Waals surface area contributed by atoms with Crippen LogP contribution in [-0.4, -0.2) is 12.4 Å². The second-order valence-corrected chi connectivity index (χ2v) is 4.02. The van der Waals surface area contributed by atoms with Crippen molar-refractivity contribution in [3.05, 3.63) is 59.9 Å². The van der Waals surface area contributed by atoms with Crippen molar-refractivity contribution >= 4 is 5.78 Å². The first-order chi connectivity index (χ1) is 8.36. The number of hydrogen-bond acceptors (Lipinski definition) is 2. The number of carbonyl (C=O) groups excluding carboxylic acids is 1. The Morgan fingerprint density at radius 3 is 2.82 bits per heavy atom. The Morgan fingerprint density at radius 1 is 1.29 bits per heavy atom. The lowest BCUT2D eigenvalue weighted by Crippen LogP contribution is -2.08. The van der Waals surface area contributed by atoms with E-state index in [-0.39, 0.29) is 5.78 Å². The molecule has 1 aliphatic heterocycles. The van der Waals surface area contributed by atoms with E-state index in [1.807, 2.05) is 42.5 Å². The average Bonchev–Trinajstić information content (AvgIpc) is 2.41. The van der Waals surface area contributed by atoms with Gasteiger partial charge in [0.15, 0.2) is 5.76 Å². The van der Waals surface area contributed by atoms with Crippen LogP contribution in [0.25, 0.3) is 0 Å². The van der Waals surface area contributed by atoms with Gasteiger partial charge in [0.2, 0.25) is 5.78 Å². The number of ether oxygens (including phenoxy) is 1. The van der Waals surface area contributed by atoms with E-state index in [4.69, 9.17) is 4.74 Å². The zero-order chi connectivity index (χ0) is 11.9. The lowest BCUT2D eigenvalue weighted by molar-refractivity contribution is -0.114. The van der Waals surface area contributed by atoms with Gasteiger partial charge < -0.3 is 4.74 Å². The first-order valence-electron chi connectivity index (χ1n) is 5.94. The summed E-state index contributed by atoms with van der Waals surface area (Å²) in [4.78, 5) is 11.7. The summed E-state index contributed by atoms with van der Waals surface area (Å²) in [6, 6.07) is 10.1. The molecular weight excluding hydrogens is 212 g/mol. The normalized spacial score (nSPS) is 15.4. The van der Waals surface area contributed by atoms with Gasteiger partial charge in [-0.3, -0.25) is 4.79 Å². The van der Waals surface area contributed by atoms with Gasteiger partial charge >= 0.3 is 0 Å². The summed E-state index contributed by atoms with van der Waals surface area (Å²) in [5, 5.41) is 0. The molecule has 0 saturated carbocycles. The third-order valence-corrected chi connectivity index (χ3v) is 2.64. The summed E-state index contributed by atoms with van der Waals surface area (Å²) in [5.41, 5.74) is 1.20. The highest BCUT2D eigenvalue weighted by atomic mass is 16.5. The minimum atomic E-state index is -0.0272. The van der Waals surface area contributed by atoms with E-state index in [0.29, 0.717) is 12.4 Å². The Morgan fingerprint density at radius 2 is 2.12 bits per heavy atom. The molecular formula is C15H16O2. The second kappa shape index (κ2) is 6.04. The molecule has 0 atom stereocenters. The summed E-state index contributed by atoms with van der Waals surface area (Å²) in [7, 11) is 0. The van der Waals surface area contributed by atoms with Crippen molar-refractivity contribution in [3.8, 4) is 0 Å². The van der Waals surface area contributed by atoms with Crippen molar-refractivity contribution in [2.75, 3.05) is 6.61 Å². The minimum absolute atomic E-state index is 0.0272. The maximum absolute atomic E-state index is 11.7. The molecule has 0 radical (unpaired) electrons. The number of carbonyl (C=O) groups is 1. The van der Waals surface area contributed by atoms with Crippen LogP contribution >= 0.6 is 0 Å². The van der Waals surface area contributed by atoms with Gasteiger partial charge in [-0.1, -0.05) is 36.4 Å². The molecule has 0 unspecified atom stereocenters. The van der Waals surface area contributed by atoms with Crippen LogP contribution in [0.5, 0.6) is 0 Å². The smallest absolute Gasteiger partial charge is 0.219 e. The lowest BCUT2D eigenvalue weighted by Gasteiger charge is -2.11. The average molecular weight is 228 g/mol. The van der Waals surface area contributed by atoms with Gasteiger partial charge in [0.25, 0.3) is 0 Å². The highest BCUT2D eigenvalue weighted by Gasteiger charge is 2.10. The molecule has 0 bridgehead atoms. The van der Waals surface area contributed by atoms with E-state index in [1.54, 1.807) is 6.08 Å². The van der Waals surface area contributed by atoms with E-state index < -0.39 is 0 Å². The van der Waals surface area contributed by atoms with Crippen LogP contribution in [-0.2, 0) is 16.0 Å². The lowest BCUT2D eigenvalue weighted by atomic mass is 10.1. The van der Waals surface area contributed by atoms with E-state index in [9.17, 15) is 4.79 Å². The monoisotopic (exact) mass is 228 g/mol. The van der Waals surface area contributed by atoms with Gasteiger partial charge in [0.05, 0.1) is 6.61 Å². The zero-order valence-corrected chi connectivity index (χ0v) is 9.76. The third kappa shape index (κ3) is 3.59. The number of hydrogen-bond donors (Lipinski definition) is 0. The maximum Gasteiger partial charge on any atom is 0.219 e. The van der Waals surface area contributed by atoms with Crippen LogP contribution in [0, 0.1) is 0 Å². The van der Waals surface area contributed by atoms with Crippen molar-refractivity contribution in [1.29, 1.82) is 0 Å². The molecule has 1 aromatic rings. The summed E-state index contributed by atoms with van der Waals surface area (Å²) in [6.07, 6.45) is 8.08. The van der Waals surface area contributed by atoms with E-state index in [1.165, 1.54) is 5.56 Å². The SMILES string of the molecule is O=C(/C=C/Cc1ccccc1)C1=CCCCO1. The van der Waals surface area contributed by atoms with Gasteiger partial charge in [-0.25, -0.2) is 0 Å². The molecule has 1 heterocycles. The third-order valence-electron chi connectivity index (χ3n) is 2.64. The van der Waals surface area contributed by atoms with Crippen LogP contribution in [0.15, 0.2) is 54.3 Å². The van der Waals surface area contributed by atoms with Crippen LogP contribution in [0.1, 0.15) is 18.4 Å². The Bertz CT molecular complexity index is 429. The van der Waals surface area contributed by atoms with Gasteiger partial charge in [-0.15, -0.1) is 0 Å². The summed E-state index contributed by atoms with van der Waals surface area (Å²) < 4.78 is 5.30. The molecule has 17 heavy (non-hydrogen) atoms. The Hall–Kier alpha value is -1.83. The van der Waals surface area contributed by atoms with Crippen LogP contribution in [0.3, 0.4) is 0 Å². The Balaban J connectivity index is 1.88. The van der Waals surface area contributed by atoms with Crippen molar-refractivity contribution in [1.82, 2.24) is 0 Å². The van der Waals surface area contributed by atoms with Gasteiger partial charge in [0.1, 0.15) is 0 Å². The maximum atomic E-state index is 11.7. The fraction of sp³-hybridized carbons (Fsp3) is 0.267. The highest BCUT2D eigenvalue weighted by molar-refractivity contribution is 6.02. The second-order valence-electron chi connectivity index (χ2n) is 4.02. The molecule has 0 spiro atoms. The molecule has 0 amide bonds.